The van der Waals surface area contributed by atoms with E-state index in [1.807, 2.05) is 48.7 Å². The number of carbonyl (C=O) groups excluding carboxylic acids is 1. The third-order valence-corrected chi connectivity index (χ3v) is 7.65. The topological polar surface area (TPSA) is 69.9 Å². The van der Waals surface area contributed by atoms with Crippen LogP contribution in [-0.2, 0) is 9.53 Å². The molecule has 2 aromatic carbocycles. The van der Waals surface area contributed by atoms with Crippen molar-refractivity contribution in [3.05, 3.63) is 89.0 Å². The molecule has 1 aliphatic heterocycles. The number of hydrogen-bond donors (Lipinski definition) is 0. The number of carbonyl (C=O) groups is 1. The summed E-state index contributed by atoms with van der Waals surface area (Å²) in [5.74, 6) is 0.187. The second-order valence-corrected chi connectivity index (χ2v) is 10.3. The number of ether oxygens (including phenoxy) is 2. The van der Waals surface area contributed by atoms with Crippen LogP contribution in [0.5, 0.6) is 5.75 Å². The Labute approximate surface area is 213 Å². The van der Waals surface area contributed by atoms with Crippen molar-refractivity contribution in [1.29, 1.82) is 0 Å². The van der Waals surface area contributed by atoms with Crippen molar-refractivity contribution in [2.45, 2.75) is 24.8 Å². The lowest BCUT2D eigenvalue weighted by atomic mass is 9.96. The molecule has 0 bridgehead atoms. The lowest BCUT2D eigenvalue weighted by Gasteiger charge is -2.24. The van der Waals surface area contributed by atoms with Gasteiger partial charge < -0.3 is 9.47 Å². The van der Waals surface area contributed by atoms with Crippen LogP contribution in [0.25, 0.3) is 6.08 Å². The maximum Gasteiger partial charge on any atom is 0.338 e. The molecule has 1 aliphatic rings. The lowest BCUT2D eigenvalue weighted by Crippen LogP contribution is -2.39. The van der Waals surface area contributed by atoms with Gasteiger partial charge in [0.15, 0.2) is 4.80 Å². The molecule has 2 heterocycles. The molecule has 0 unspecified atom stereocenters. The fourth-order valence-electron chi connectivity index (χ4n) is 3.85. The van der Waals surface area contributed by atoms with Crippen LogP contribution < -0.4 is 19.6 Å². The number of hydrogen-bond acceptors (Lipinski definition) is 7. The highest BCUT2D eigenvalue weighted by atomic mass is 79.9. The Bertz CT molecular complexity index is 1460. The number of rotatable bonds is 6. The van der Waals surface area contributed by atoms with Gasteiger partial charge in [0.05, 0.1) is 35.6 Å². The van der Waals surface area contributed by atoms with Crippen LogP contribution in [0.2, 0.25) is 0 Å². The fraction of sp³-hybridized carbons (Fsp3) is 0.240. The molecule has 3 aromatic rings. The average molecular weight is 560 g/mol. The monoisotopic (exact) mass is 558 g/mol. The number of methoxy groups -OCH3 is 1. The van der Waals surface area contributed by atoms with Crippen molar-refractivity contribution in [2.75, 3.05) is 20.0 Å². The Kier molecular flexibility index (Phi) is 7.45. The van der Waals surface area contributed by atoms with Crippen LogP contribution in [-0.4, -0.2) is 30.5 Å². The number of thioether (sulfide) groups is 1. The SMILES string of the molecule is CCOC(=O)C1=C(C)N=c2s/c(=C/c3cc(Br)ccc3OC)c(=O)n2[C@H]1c1ccc(SC)cc1. The number of aromatic nitrogens is 1. The molecule has 0 radical (unpaired) electrons. The van der Waals surface area contributed by atoms with E-state index in [1.54, 1.807) is 43.4 Å². The predicted molar refractivity (Wildman–Crippen MR) is 139 cm³/mol. The van der Waals surface area contributed by atoms with E-state index in [9.17, 15) is 9.59 Å². The molecule has 4 rings (SSSR count). The Balaban J connectivity index is 1.96. The van der Waals surface area contributed by atoms with Crippen molar-refractivity contribution in [2.24, 2.45) is 4.99 Å². The minimum Gasteiger partial charge on any atom is -0.496 e. The molecule has 0 saturated heterocycles. The minimum atomic E-state index is -0.627. The van der Waals surface area contributed by atoms with Crippen molar-refractivity contribution < 1.29 is 14.3 Å². The van der Waals surface area contributed by atoms with E-state index in [4.69, 9.17) is 9.47 Å². The number of thiazole rings is 1. The second kappa shape index (κ2) is 10.3. The van der Waals surface area contributed by atoms with Crippen LogP contribution in [0.1, 0.15) is 31.0 Å². The van der Waals surface area contributed by atoms with Crippen molar-refractivity contribution >= 4 is 51.1 Å². The first kappa shape index (κ1) is 24.5. The fourth-order valence-corrected chi connectivity index (χ4v) is 5.68. The largest absolute Gasteiger partial charge is 0.496 e. The number of esters is 1. The molecule has 0 N–H and O–H groups in total. The molecule has 0 saturated carbocycles. The van der Waals surface area contributed by atoms with Gasteiger partial charge >= 0.3 is 5.97 Å². The molecule has 34 heavy (non-hydrogen) atoms. The van der Waals surface area contributed by atoms with Crippen molar-refractivity contribution in [3.8, 4) is 5.75 Å². The summed E-state index contributed by atoms with van der Waals surface area (Å²) < 4.78 is 13.8. The summed E-state index contributed by atoms with van der Waals surface area (Å²) in [6.45, 7) is 3.78. The molecule has 0 fully saturated rings. The van der Waals surface area contributed by atoms with E-state index >= 15 is 0 Å². The second-order valence-electron chi connectivity index (χ2n) is 7.46. The summed E-state index contributed by atoms with van der Waals surface area (Å²) in [4.78, 5) is 32.9. The summed E-state index contributed by atoms with van der Waals surface area (Å²) in [6.07, 6.45) is 3.80. The highest BCUT2D eigenvalue weighted by molar-refractivity contribution is 9.10. The minimum absolute atomic E-state index is 0.223. The van der Waals surface area contributed by atoms with Gasteiger partial charge in [-0.05, 0) is 62.1 Å². The van der Waals surface area contributed by atoms with Crippen molar-refractivity contribution in [3.63, 3.8) is 0 Å². The molecule has 1 aromatic heterocycles. The van der Waals surface area contributed by atoms with E-state index < -0.39 is 12.0 Å². The molecule has 0 spiro atoms. The van der Waals surface area contributed by atoms with Gasteiger partial charge in [0, 0.05) is 14.9 Å². The number of benzene rings is 2. The molecule has 0 amide bonds. The van der Waals surface area contributed by atoms with Gasteiger partial charge in [0.1, 0.15) is 5.75 Å². The van der Waals surface area contributed by atoms with E-state index in [1.165, 1.54) is 11.3 Å². The summed E-state index contributed by atoms with van der Waals surface area (Å²) in [5, 5.41) is 0. The van der Waals surface area contributed by atoms with Gasteiger partial charge in [-0.1, -0.05) is 39.4 Å². The summed E-state index contributed by atoms with van der Waals surface area (Å²) in [7, 11) is 1.59. The van der Waals surface area contributed by atoms with E-state index in [2.05, 4.69) is 20.9 Å². The summed E-state index contributed by atoms with van der Waals surface area (Å²) in [5.41, 5.74) is 2.29. The maximum atomic E-state index is 13.7. The van der Waals surface area contributed by atoms with E-state index in [0.717, 1.165) is 20.5 Å². The van der Waals surface area contributed by atoms with Crippen LogP contribution in [0, 0.1) is 0 Å². The highest BCUT2D eigenvalue weighted by Gasteiger charge is 2.33. The highest BCUT2D eigenvalue weighted by Crippen LogP contribution is 2.32. The van der Waals surface area contributed by atoms with Crippen molar-refractivity contribution in [1.82, 2.24) is 4.57 Å². The Morgan fingerprint density at radius 2 is 2.00 bits per heavy atom. The molecule has 0 aliphatic carbocycles. The first-order chi connectivity index (χ1) is 16.4. The molecule has 9 heteroatoms. The Morgan fingerprint density at radius 1 is 1.26 bits per heavy atom. The molecule has 176 valence electrons. The van der Waals surface area contributed by atoms with Gasteiger partial charge in [-0.25, -0.2) is 9.79 Å². The van der Waals surface area contributed by atoms with E-state index in [0.29, 0.717) is 26.4 Å². The van der Waals surface area contributed by atoms with Gasteiger partial charge in [-0.2, -0.15) is 0 Å². The number of nitrogens with zero attached hydrogens (tertiary/aromatic N) is 2. The molecule has 1 atom stereocenters. The van der Waals surface area contributed by atoms with E-state index in [-0.39, 0.29) is 12.2 Å². The summed E-state index contributed by atoms with van der Waals surface area (Å²) >= 11 is 6.39. The van der Waals surface area contributed by atoms with Gasteiger partial charge in [-0.3, -0.25) is 9.36 Å². The molecule has 6 nitrogen and oxygen atoms in total. The van der Waals surface area contributed by atoms with Crippen LogP contribution in [0.15, 0.2) is 72.9 Å². The first-order valence-corrected chi connectivity index (χ1v) is 13.4. The van der Waals surface area contributed by atoms with Gasteiger partial charge in [0.2, 0.25) is 0 Å². The van der Waals surface area contributed by atoms with Gasteiger partial charge in [0.25, 0.3) is 5.56 Å². The molecular weight excluding hydrogens is 536 g/mol. The third kappa shape index (κ3) is 4.64. The zero-order valence-electron chi connectivity index (χ0n) is 19.1. The van der Waals surface area contributed by atoms with Crippen LogP contribution >= 0.6 is 39.0 Å². The van der Waals surface area contributed by atoms with Gasteiger partial charge in [-0.15, -0.1) is 11.8 Å². The van der Waals surface area contributed by atoms with Crippen LogP contribution in [0.3, 0.4) is 0 Å². The molecular formula is C25H23BrN2O4S2. The lowest BCUT2D eigenvalue weighted by molar-refractivity contribution is -0.139. The number of fused-ring (bicyclic) bond motifs is 1. The van der Waals surface area contributed by atoms with Crippen LogP contribution in [0.4, 0.5) is 0 Å². The zero-order valence-corrected chi connectivity index (χ0v) is 22.3. The number of halogens is 1. The Hall–Kier alpha value is -2.62. The zero-order chi connectivity index (χ0) is 24.4. The maximum absolute atomic E-state index is 13.7. The first-order valence-electron chi connectivity index (χ1n) is 10.5. The number of allylic oxidation sites excluding steroid dienone is 1. The predicted octanol–water partition coefficient (Wildman–Crippen LogP) is 4.29. The third-order valence-electron chi connectivity index (χ3n) is 5.43. The summed E-state index contributed by atoms with van der Waals surface area (Å²) in [6, 6.07) is 12.9. The standard InChI is InChI=1S/C25H23BrN2O4S2/c1-5-32-24(30)21-14(2)27-25-28(22(21)15-6-9-18(33-4)10-7-15)23(29)20(34-25)13-16-12-17(26)8-11-19(16)31-3/h6-13,22H,5H2,1-4H3/b20-13+/t22-/m0/s1. The quantitative estimate of drug-likeness (QED) is 0.333. The smallest absolute Gasteiger partial charge is 0.338 e. The average Bonchev–Trinajstić information content (AvgIpc) is 3.13. The normalized spacial score (nSPS) is 15.7. The Morgan fingerprint density at radius 3 is 2.65 bits per heavy atom.